The van der Waals surface area contributed by atoms with Crippen molar-refractivity contribution in [2.75, 3.05) is 17.7 Å². The Morgan fingerprint density at radius 2 is 1.88 bits per heavy atom. The zero-order valence-electron chi connectivity index (χ0n) is 13.2. The van der Waals surface area contributed by atoms with Crippen molar-refractivity contribution in [2.24, 2.45) is 0 Å². The molecule has 0 radical (unpaired) electrons. The van der Waals surface area contributed by atoms with Gasteiger partial charge in [-0.3, -0.25) is 4.79 Å². The van der Waals surface area contributed by atoms with Gasteiger partial charge in [0.1, 0.15) is 11.5 Å². The lowest BCUT2D eigenvalue weighted by molar-refractivity contribution is -0.274. The second kappa shape index (κ2) is 8.27. The predicted octanol–water partition coefficient (Wildman–Crippen LogP) is 3.97. The van der Waals surface area contributed by atoms with Crippen molar-refractivity contribution < 1.29 is 27.4 Å². The first-order valence-electron chi connectivity index (χ1n) is 7.46. The Labute approximate surface area is 142 Å². The molecule has 0 aliphatic carbocycles. The molecule has 3 N–H and O–H groups in total. The maximum absolute atomic E-state index is 12.2. The summed E-state index contributed by atoms with van der Waals surface area (Å²) in [6.07, 6.45) is -4.20. The van der Waals surface area contributed by atoms with Crippen molar-refractivity contribution in [3.8, 4) is 11.5 Å². The van der Waals surface area contributed by atoms with Crippen molar-refractivity contribution in [3.63, 3.8) is 0 Å². The monoisotopic (exact) mass is 354 g/mol. The van der Waals surface area contributed by atoms with Gasteiger partial charge in [0.15, 0.2) is 0 Å². The third-order valence-corrected chi connectivity index (χ3v) is 3.08. The van der Waals surface area contributed by atoms with Gasteiger partial charge in [-0.2, -0.15) is 0 Å². The summed E-state index contributed by atoms with van der Waals surface area (Å²) in [5.74, 6) is -0.193. The van der Waals surface area contributed by atoms with E-state index >= 15 is 0 Å². The average Bonchev–Trinajstić information content (AvgIpc) is 2.52. The van der Waals surface area contributed by atoms with E-state index in [0.717, 1.165) is 12.1 Å². The maximum Gasteiger partial charge on any atom is 0.573 e. The van der Waals surface area contributed by atoms with Crippen LogP contribution in [0.25, 0.3) is 0 Å². The van der Waals surface area contributed by atoms with Crippen molar-refractivity contribution in [1.29, 1.82) is 0 Å². The highest BCUT2D eigenvalue weighted by Gasteiger charge is 2.31. The summed E-state index contributed by atoms with van der Waals surface area (Å²) in [5.41, 5.74) is 6.46. The Morgan fingerprint density at radius 1 is 1.12 bits per heavy atom. The van der Waals surface area contributed by atoms with E-state index in [1.165, 1.54) is 12.1 Å². The highest BCUT2D eigenvalue weighted by atomic mass is 19.4. The molecule has 0 saturated heterocycles. The van der Waals surface area contributed by atoms with Gasteiger partial charge in [0, 0.05) is 18.2 Å². The zero-order chi connectivity index (χ0) is 18.3. The van der Waals surface area contributed by atoms with Crippen LogP contribution in [0.3, 0.4) is 0 Å². The number of nitrogens with two attached hydrogens (primary N) is 1. The molecule has 0 fully saturated rings. The molecule has 0 spiro atoms. The van der Waals surface area contributed by atoms with E-state index in [9.17, 15) is 18.0 Å². The number of alkyl halides is 3. The van der Waals surface area contributed by atoms with E-state index in [1.54, 1.807) is 24.3 Å². The van der Waals surface area contributed by atoms with Crippen molar-refractivity contribution in [2.45, 2.75) is 19.2 Å². The summed E-state index contributed by atoms with van der Waals surface area (Å²) in [6, 6.07) is 12.1. The van der Waals surface area contributed by atoms with Crippen LogP contribution in [0.4, 0.5) is 24.5 Å². The molecule has 0 atom stereocenters. The lowest BCUT2D eigenvalue weighted by Gasteiger charge is -2.11. The van der Waals surface area contributed by atoms with Crippen molar-refractivity contribution in [1.82, 2.24) is 0 Å². The molecule has 2 aromatic carbocycles. The molecule has 25 heavy (non-hydrogen) atoms. The highest BCUT2D eigenvalue weighted by Crippen LogP contribution is 2.25. The van der Waals surface area contributed by atoms with E-state index in [-0.39, 0.29) is 18.0 Å². The van der Waals surface area contributed by atoms with E-state index in [1.807, 2.05) is 0 Å². The number of amides is 1. The highest BCUT2D eigenvalue weighted by molar-refractivity contribution is 5.90. The predicted molar refractivity (Wildman–Crippen MR) is 87.3 cm³/mol. The lowest BCUT2D eigenvalue weighted by atomic mass is 10.2. The fourth-order valence-electron chi connectivity index (χ4n) is 2.02. The molecule has 2 rings (SSSR count). The molecule has 0 bridgehead atoms. The SMILES string of the molecule is Nc1ccccc1OCCCC(=O)Nc1cccc(OC(F)(F)F)c1. The Kier molecular flexibility index (Phi) is 6.10. The number of rotatable bonds is 7. The second-order valence-electron chi connectivity index (χ2n) is 5.11. The number of hydrogen-bond donors (Lipinski definition) is 2. The number of nitrogens with one attached hydrogen (secondary N) is 1. The number of carbonyl (C=O) groups is 1. The van der Waals surface area contributed by atoms with Gasteiger partial charge in [-0.15, -0.1) is 13.2 Å². The van der Waals surface area contributed by atoms with E-state index in [2.05, 4.69) is 10.1 Å². The van der Waals surface area contributed by atoms with Crippen LogP contribution in [0.2, 0.25) is 0 Å². The fourth-order valence-corrected chi connectivity index (χ4v) is 2.02. The molecule has 8 heteroatoms. The molecule has 2 aromatic rings. The number of ether oxygens (including phenoxy) is 2. The van der Waals surface area contributed by atoms with Gasteiger partial charge in [0.2, 0.25) is 5.91 Å². The van der Waals surface area contributed by atoms with Crippen molar-refractivity contribution in [3.05, 3.63) is 48.5 Å². The molecule has 5 nitrogen and oxygen atoms in total. The molecular weight excluding hydrogens is 337 g/mol. The molecule has 1 amide bonds. The quantitative estimate of drug-likeness (QED) is 0.583. The number of halogens is 3. The third kappa shape index (κ3) is 6.62. The molecule has 0 saturated carbocycles. The van der Waals surface area contributed by atoms with Crippen LogP contribution in [0.15, 0.2) is 48.5 Å². The normalized spacial score (nSPS) is 11.0. The molecule has 0 aromatic heterocycles. The Hall–Kier alpha value is -2.90. The minimum absolute atomic E-state index is 0.150. The average molecular weight is 354 g/mol. The van der Waals surface area contributed by atoms with Crippen molar-refractivity contribution >= 4 is 17.3 Å². The fraction of sp³-hybridized carbons (Fsp3) is 0.235. The van der Waals surface area contributed by atoms with Gasteiger partial charge < -0.3 is 20.5 Å². The summed E-state index contributed by atoms with van der Waals surface area (Å²) in [5, 5.41) is 2.51. The molecule has 0 aliphatic heterocycles. The molecule has 134 valence electrons. The maximum atomic E-state index is 12.2. The standard InChI is InChI=1S/C17H17F3N2O3/c18-17(19,20)25-13-6-3-5-12(11-13)22-16(23)9-4-10-24-15-8-2-1-7-14(15)21/h1-3,5-8,11H,4,9-10,21H2,(H,22,23). The number of carbonyl (C=O) groups excluding carboxylic acids is 1. The van der Waals surface area contributed by atoms with E-state index in [4.69, 9.17) is 10.5 Å². The number of nitrogen functional groups attached to an aromatic ring is 1. The number of para-hydroxylation sites is 2. The van der Waals surface area contributed by atoms with Gasteiger partial charge in [-0.1, -0.05) is 18.2 Å². The Morgan fingerprint density at radius 3 is 2.60 bits per heavy atom. The summed E-state index contributed by atoms with van der Waals surface area (Å²) >= 11 is 0. The summed E-state index contributed by atoms with van der Waals surface area (Å²) < 4.78 is 45.8. The van der Waals surface area contributed by atoms with Crippen LogP contribution in [-0.4, -0.2) is 18.9 Å². The topological polar surface area (TPSA) is 73.6 Å². The Balaban J connectivity index is 1.77. The van der Waals surface area contributed by atoms with Crippen LogP contribution in [0.1, 0.15) is 12.8 Å². The largest absolute Gasteiger partial charge is 0.573 e. The second-order valence-corrected chi connectivity index (χ2v) is 5.11. The summed E-state index contributed by atoms with van der Waals surface area (Å²) in [6.45, 7) is 0.291. The zero-order valence-corrected chi connectivity index (χ0v) is 13.2. The summed E-state index contributed by atoms with van der Waals surface area (Å²) in [7, 11) is 0. The van der Waals surface area contributed by atoms with E-state index < -0.39 is 12.1 Å². The van der Waals surface area contributed by atoms with Crippen LogP contribution < -0.4 is 20.5 Å². The first-order valence-corrected chi connectivity index (χ1v) is 7.46. The minimum Gasteiger partial charge on any atom is -0.491 e. The van der Waals surface area contributed by atoms with Crippen LogP contribution in [0, 0.1) is 0 Å². The van der Waals surface area contributed by atoms with Gasteiger partial charge in [0.25, 0.3) is 0 Å². The van der Waals surface area contributed by atoms with Crippen LogP contribution in [-0.2, 0) is 4.79 Å². The van der Waals surface area contributed by atoms with Crippen LogP contribution >= 0.6 is 0 Å². The first-order chi connectivity index (χ1) is 11.8. The smallest absolute Gasteiger partial charge is 0.491 e. The minimum atomic E-state index is -4.78. The Bertz CT molecular complexity index is 720. The number of benzene rings is 2. The third-order valence-electron chi connectivity index (χ3n) is 3.08. The molecule has 0 aliphatic rings. The van der Waals surface area contributed by atoms with Crippen LogP contribution in [0.5, 0.6) is 11.5 Å². The number of anilines is 2. The van der Waals surface area contributed by atoms with Gasteiger partial charge in [0.05, 0.1) is 12.3 Å². The number of hydrogen-bond acceptors (Lipinski definition) is 4. The van der Waals surface area contributed by atoms with E-state index in [0.29, 0.717) is 24.5 Å². The van der Waals surface area contributed by atoms with Gasteiger partial charge in [-0.05, 0) is 30.7 Å². The molecular formula is C17H17F3N2O3. The first kappa shape index (κ1) is 18.4. The van der Waals surface area contributed by atoms with Gasteiger partial charge >= 0.3 is 6.36 Å². The van der Waals surface area contributed by atoms with Gasteiger partial charge in [-0.25, -0.2) is 0 Å². The molecule has 0 unspecified atom stereocenters. The lowest BCUT2D eigenvalue weighted by Crippen LogP contribution is -2.17. The molecule has 0 heterocycles. The summed E-state index contributed by atoms with van der Waals surface area (Å²) in [4.78, 5) is 11.8.